The lowest BCUT2D eigenvalue weighted by molar-refractivity contribution is -0.116. The Balaban J connectivity index is 1.72. The number of piperidine rings is 1. The maximum absolute atomic E-state index is 12.0. The summed E-state index contributed by atoms with van der Waals surface area (Å²) in [5.74, 6) is 1.53. The Labute approximate surface area is 133 Å². The first-order valence-corrected chi connectivity index (χ1v) is 8.09. The minimum absolute atomic E-state index is 0.0215. The molecule has 0 aromatic heterocycles. The molecule has 0 bridgehead atoms. The average molecular weight is 299 g/mol. The minimum Gasteiger partial charge on any atom is -0.326 e. The number of nitrogens with zero attached hydrogens (tertiary/aromatic N) is 2. The maximum Gasteiger partial charge on any atom is 0.224 e. The van der Waals surface area contributed by atoms with E-state index >= 15 is 0 Å². The number of carbonyl (C=O) groups excluding carboxylic acids is 1. The summed E-state index contributed by atoms with van der Waals surface area (Å²) in [7, 11) is 0. The summed E-state index contributed by atoms with van der Waals surface area (Å²) in [6, 6.07) is 9.10. The largest absolute Gasteiger partial charge is 0.326 e. The van der Waals surface area contributed by atoms with Crippen LogP contribution in [-0.4, -0.2) is 30.4 Å². The molecule has 118 valence electrons. The molecule has 4 nitrogen and oxygen atoms in total. The van der Waals surface area contributed by atoms with Gasteiger partial charge in [-0.25, -0.2) is 0 Å². The molecule has 1 aliphatic rings. The summed E-state index contributed by atoms with van der Waals surface area (Å²) in [4.78, 5) is 14.4. The lowest BCUT2D eigenvalue weighted by atomic mass is 9.92. The van der Waals surface area contributed by atoms with Crippen molar-refractivity contribution in [2.45, 2.75) is 33.1 Å². The number of likely N-dealkylation sites (tertiary alicyclic amines) is 1. The van der Waals surface area contributed by atoms with Crippen LogP contribution in [0.25, 0.3) is 0 Å². The van der Waals surface area contributed by atoms with Crippen molar-refractivity contribution < 1.29 is 4.79 Å². The Bertz CT molecular complexity index is 540. The molecule has 1 fully saturated rings. The SMILES string of the molecule is CC1CC(C)CN(CCCC(=O)Nc2cccc(C#N)c2)C1. The van der Waals surface area contributed by atoms with Crippen molar-refractivity contribution in [2.75, 3.05) is 25.0 Å². The molecule has 4 heteroatoms. The summed E-state index contributed by atoms with van der Waals surface area (Å²) in [6.07, 6.45) is 2.71. The summed E-state index contributed by atoms with van der Waals surface area (Å²) in [5, 5.41) is 11.7. The number of nitriles is 1. The zero-order valence-electron chi connectivity index (χ0n) is 13.5. The number of hydrogen-bond donors (Lipinski definition) is 1. The summed E-state index contributed by atoms with van der Waals surface area (Å²) in [6.45, 7) is 7.89. The Morgan fingerprint density at radius 3 is 2.77 bits per heavy atom. The van der Waals surface area contributed by atoms with Gasteiger partial charge in [-0.05, 0) is 49.4 Å². The summed E-state index contributed by atoms with van der Waals surface area (Å²) in [5.41, 5.74) is 1.26. The highest BCUT2D eigenvalue weighted by Gasteiger charge is 2.21. The van der Waals surface area contributed by atoms with Crippen LogP contribution in [0.1, 0.15) is 38.7 Å². The van der Waals surface area contributed by atoms with E-state index in [1.54, 1.807) is 18.2 Å². The molecule has 0 spiro atoms. The number of carbonyl (C=O) groups is 1. The van der Waals surface area contributed by atoms with Crippen molar-refractivity contribution in [3.05, 3.63) is 29.8 Å². The summed E-state index contributed by atoms with van der Waals surface area (Å²) < 4.78 is 0. The Morgan fingerprint density at radius 2 is 2.09 bits per heavy atom. The van der Waals surface area contributed by atoms with Crippen LogP contribution in [0.5, 0.6) is 0 Å². The smallest absolute Gasteiger partial charge is 0.224 e. The number of rotatable bonds is 5. The monoisotopic (exact) mass is 299 g/mol. The molecule has 1 N–H and O–H groups in total. The van der Waals surface area contributed by atoms with Crippen molar-refractivity contribution in [1.82, 2.24) is 4.90 Å². The van der Waals surface area contributed by atoms with Gasteiger partial charge in [0.25, 0.3) is 0 Å². The highest BCUT2D eigenvalue weighted by molar-refractivity contribution is 5.90. The predicted octanol–water partition coefficient (Wildman–Crippen LogP) is 3.25. The molecule has 1 aliphatic heterocycles. The Kier molecular flexibility index (Phi) is 5.97. The molecule has 1 aromatic rings. The predicted molar refractivity (Wildman–Crippen MR) is 88.4 cm³/mol. The fourth-order valence-corrected chi connectivity index (χ4v) is 3.33. The van der Waals surface area contributed by atoms with E-state index in [1.807, 2.05) is 6.07 Å². The number of amides is 1. The molecule has 1 amide bonds. The molecular formula is C18H25N3O. The van der Waals surface area contributed by atoms with E-state index in [0.29, 0.717) is 17.7 Å². The number of nitrogens with one attached hydrogen (secondary N) is 1. The van der Waals surface area contributed by atoms with Gasteiger partial charge in [0, 0.05) is 25.2 Å². The van der Waals surface area contributed by atoms with Gasteiger partial charge in [-0.1, -0.05) is 19.9 Å². The minimum atomic E-state index is 0.0215. The molecule has 22 heavy (non-hydrogen) atoms. The van der Waals surface area contributed by atoms with E-state index in [9.17, 15) is 4.79 Å². The second-order valence-corrected chi connectivity index (χ2v) is 6.55. The standard InChI is InChI=1S/C18H25N3O/c1-14-9-15(2)13-21(12-14)8-4-7-18(22)20-17-6-3-5-16(10-17)11-19/h3,5-6,10,14-15H,4,7-9,12-13H2,1-2H3,(H,20,22). The third-order valence-corrected chi connectivity index (χ3v) is 4.10. The van der Waals surface area contributed by atoms with Gasteiger partial charge < -0.3 is 10.2 Å². The number of benzene rings is 1. The van der Waals surface area contributed by atoms with Crippen molar-refractivity contribution in [1.29, 1.82) is 5.26 Å². The normalized spacial score (nSPS) is 22.0. The van der Waals surface area contributed by atoms with Crippen LogP contribution in [0.3, 0.4) is 0 Å². The molecule has 2 rings (SSSR count). The van der Waals surface area contributed by atoms with Gasteiger partial charge in [0.2, 0.25) is 5.91 Å². The highest BCUT2D eigenvalue weighted by atomic mass is 16.1. The number of hydrogen-bond acceptors (Lipinski definition) is 3. The van der Waals surface area contributed by atoms with Gasteiger partial charge in [-0.3, -0.25) is 4.79 Å². The third-order valence-electron chi connectivity index (χ3n) is 4.10. The molecule has 1 aromatic carbocycles. The van der Waals surface area contributed by atoms with E-state index < -0.39 is 0 Å². The molecule has 0 saturated carbocycles. The van der Waals surface area contributed by atoms with Crippen LogP contribution < -0.4 is 5.32 Å². The van der Waals surface area contributed by atoms with Gasteiger partial charge in [-0.2, -0.15) is 5.26 Å². The van der Waals surface area contributed by atoms with Crippen molar-refractivity contribution in [3.63, 3.8) is 0 Å². The molecule has 0 aliphatic carbocycles. The quantitative estimate of drug-likeness (QED) is 0.908. The van der Waals surface area contributed by atoms with E-state index in [1.165, 1.54) is 6.42 Å². The topological polar surface area (TPSA) is 56.1 Å². The molecule has 1 heterocycles. The van der Waals surface area contributed by atoms with Crippen LogP contribution in [0.15, 0.2) is 24.3 Å². The highest BCUT2D eigenvalue weighted by Crippen LogP contribution is 2.21. The average Bonchev–Trinajstić information content (AvgIpc) is 2.46. The molecular weight excluding hydrogens is 274 g/mol. The fourth-order valence-electron chi connectivity index (χ4n) is 3.33. The lowest BCUT2D eigenvalue weighted by Crippen LogP contribution is -2.39. The Hall–Kier alpha value is -1.86. The molecule has 2 atom stereocenters. The van der Waals surface area contributed by atoms with Crippen molar-refractivity contribution in [2.24, 2.45) is 11.8 Å². The van der Waals surface area contributed by atoms with Crippen molar-refractivity contribution in [3.8, 4) is 6.07 Å². The van der Waals surface area contributed by atoms with Gasteiger partial charge >= 0.3 is 0 Å². The van der Waals surface area contributed by atoms with Gasteiger partial charge in [-0.15, -0.1) is 0 Å². The number of anilines is 1. The first-order chi connectivity index (χ1) is 10.6. The van der Waals surface area contributed by atoms with E-state index in [4.69, 9.17) is 5.26 Å². The third kappa shape index (κ3) is 5.16. The van der Waals surface area contributed by atoms with Gasteiger partial charge in [0.15, 0.2) is 0 Å². The second kappa shape index (κ2) is 7.95. The first-order valence-electron chi connectivity index (χ1n) is 8.09. The van der Waals surface area contributed by atoms with E-state index in [0.717, 1.165) is 37.9 Å². The molecule has 2 unspecified atom stereocenters. The zero-order chi connectivity index (χ0) is 15.9. The van der Waals surface area contributed by atoms with E-state index in [2.05, 4.69) is 30.1 Å². The molecule has 1 saturated heterocycles. The second-order valence-electron chi connectivity index (χ2n) is 6.55. The van der Waals surface area contributed by atoms with Crippen molar-refractivity contribution >= 4 is 11.6 Å². The summed E-state index contributed by atoms with van der Waals surface area (Å²) >= 11 is 0. The van der Waals surface area contributed by atoms with Crippen LogP contribution >= 0.6 is 0 Å². The van der Waals surface area contributed by atoms with Gasteiger partial charge in [0.1, 0.15) is 0 Å². The first kappa shape index (κ1) is 16.5. The Morgan fingerprint density at radius 1 is 1.36 bits per heavy atom. The maximum atomic E-state index is 12.0. The lowest BCUT2D eigenvalue weighted by Gasteiger charge is -2.34. The zero-order valence-corrected chi connectivity index (χ0v) is 13.5. The van der Waals surface area contributed by atoms with E-state index in [-0.39, 0.29) is 5.91 Å². The fraction of sp³-hybridized carbons (Fsp3) is 0.556. The van der Waals surface area contributed by atoms with Crippen LogP contribution in [0.4, 0.5) is 5.69 Å². The van der Waals surface area contributed by atoms with Gasteiger partial charge in [0.05, 0.1) is 11.6 Å². The van der Waals surface area contributed by atoms with Crippen LogP contribution in [0.2, 0.25) is 0 Å². The van der Waals surface area contributed by atoms with Crippen LogP contribution in [0, 0.1) is 23.2 Å². The molecule has 0 radical (unpaired) electrons. The van der Waals surface area contributed by atoms with Crippen LogP contribution in [-0.2, 0) is 4.79 Å².